The van der Waals surface area contributed by atoms with Crippen LogP contribution in [0.15, 0.2) is 54.4 Å². The third kappa shape index (κ3) is 2.66. The van der Waals surface area contributed by atoms with Crippen LogP contribution in [0, 0.1) is 0 Å². The van der Waals surface area contributed by atoms with E-state index in [4.69, 9.17) is 23.8 Å². The minimum atomic E-state index is -0.217. The number of thiocarbonyl (C=S) groups is 1. The Balaban J connectivity index is 1.96. The number of carbonyl (C=O) groups is 1. The second-order valence-electron chi connectivity index (χ2n) is 4.35. The van der Waals surface area contributed by atoms with Gasteiger partial charge in [0.1, 0.15) is 10.9 Å². The molecule has 1 N–H and O–H groups in total. The van der Waals surface area contributed by atoms with Gasteiger partial charge in [-0.15, -0.1) is 0 Å². The number of halogens is 1. The molecule has 0 spiro atoms. The maximum absolute atomic E-state index is 12.5. The first-order valence-electron chi connectivity index (χ1n) is 6.19. The van der Waals surface area contributed by atoms with Crippen LogP contribution >= 0.6 is 23.8 Å². The van der Waals surface area contributed by atoms with Gasteiger partial charge in [0.2, 0.25) is 0 Å². The van der Waals surface area contributed by atoms with E-state index >= 15 is 0 Å². The summed E-state index contributed by atoms with van der Waals surface area (Å²) < 4.78 is 0. The number of carbonyl (C=O) groups excluding carboxylic acids is 1. The van der Waals surface area contributed by atoms with Gasteiger partial charge in [0.25, 0.3) is 5.91 Å². The number of rotatable bonds is 2. The summed E-state index contributed by atoms with van der Waals surface area (Å²) >= 11 is 11.2. The summed E-state index contributed by atoms with van der Waals surface area (Å²) in [6.07, 6.45) is 3.24. The first-order valence-corrected chi connectivity index (χ1v) is 6.98. The molecular formula is C15H10ClN3OS. The Morgan fingerprint density at radius 2 is 1.95 bits per heavy atom. The average Bonchev–Trinajstić information content (AvgIpc) is 2.77. The maximum Gasteiger partial charge on any atom is 0.281 e. The van der Waals surface area contributed by atoms with Gasteiger partial charge in [0.05, 0.1) is 5.69 Å². The Bertz CT molecular complexity index is 746. The molecule has 1 aliphatic heterocycles. The summed E-state index contributed by atoms with van der Waals surface area (Å²) in [6, 6.07) is 12.8. The van der Waals surface area contributed by atoms with E-state index in [2.05, 4.69) is 10.3 Å². The number of aromatic nitrogens is 1. The molecule has 3 rings (SSSR count). The van der Waals surface area contributed by atoms with Crippen LogP contribution in [-0.4, -0.2) is 16.0 Å². The van der Waals surface area contributed by atoms with E-state index in [0.717, 1.165) is 5.69 Å². The standard InChI is InChI=1S/C15H10ClN3OS/c16-13-10(5-4-8-17-13)9-12-14(20)19(15(21)18-12)11-6-2-1-3-7-11/h1-9H,(H,18,21)/b12-9-. The van der Waals surface area contributed by atoms with E-state index in [-0.39, 0.29) is 5.91 Å². The van der Waals surface area contributed by atoms with Crippen molar-refractivity contribution in [3.05, 3.63) is 65.1 Å². The molecule has 1 aromatic heterocycles. The van der Waals surface area contributed by atoms with Gasteiger partial charge in [-0.05, 0) is 36.5 Å². The lowest BCUT2D eigenvalue weighted by atomic mass is 10.2. The molecule has 2 heterocycles. The quantitative estimate of drug-likeness (QED) is 0.526. The lowest BCUT2D eigenvalue weighted by molar-refractivity contribution is -0.113. The zero-order valence-electron chi connectivity index (χ0n) is 10.8. The van der Waals surface area contributed by atoms with Crippen molar-refractivity contribution in [1.82, 2.24) is 10.3 Å². The van der Waals surface area contributed by atoms with Gasteiger partial charge in [-0.25, -0.2) is 4.98 Å². The molecule has 0 bridgehead atoms. The van der Waals surface area contributed by atoms with Crippen LogP contribution < -0.4 is 10.2 Å². The molecule has 6 heteroatoms. The van der Waals surface area contributed by atoms with E-state index in [9.17, 15) is 4.79 Å². The monoisotopic (exact) mass is 315 g/mol. The van der Waals surface area contributed by atoms with E-state index in [1.807, 2.05) is 30.3 Å². The zero-order chi connectivity index (χ0) is 14.8. The first kappa shape index (κ1) is 13.7. The molecule has 1 saturated heterocycles. The van der Waals surface area contributed by atoms with Crippen molar-refractivity contribution in [2.75, 3.05) is 4.90 Å². The summed E-state index contributed by atoms with van der Waals surface area (Å²) in [5, 5.41) is 3.59. The Hall–Kier alpha value is -2.24. The molecule has 0 saturated carbocycles. The predicted molar refractivity (Wildman–Crippen MR) is 86.9 cm³/mol. The summed E-state index contributed by atoms with van der Waals surface area (Å²) in [4.78, 5) is 17.9. The van der Waals surface area contributed by atoms with Crippen molar-refractivity contribution < 1.29 is 4.79 Å². The zero-order valence-corrected chi connectivity index (χ0v) is 12.4. The van der Waals surface area contributed by atoms with E-state index in [1.165, 1.54) is 4.90 Å². The minimum absolute atomic E-state index is 0.217. The highest BCUT2D eigenvalue weighted by molar-refractivity contribution is 7.80. The molecule has 104 valence electrons. The Morgan fingerprint density at radius 1 is 1.19 bits per heavy atom. The molecule has 1 aliphatic rings. The lowest BCUT2D eigenvalue weighted by Gasteiger charge is -2.13. The van der Waals surface area contributed by atoms with Crippen LogP contribution in [0.3, 0.4) is 0 Å². The van der Waals surface area contributed by atoms with Crippen LogP contribution in [0.5, 0.6) is 0 Å². The van der Waals surface area contributed by atoms with Crippen LogP contribution in [0.2, 0.25) is 5.15 Å². The SMILES string of the molecule is O=C1/C(=C/c2cccnc2Cl)NC(=S)N1c1ccccc1. The van der Waals surface area contributed by atoms with Gasteiger partial charge in [-0.2, -0.15) is 0 Å². The molecule has 0 atom stereocenters. The number of hydrogen-bond donors (Lipinski definition) is 1. The van der Waals surface area contributed by atoms with Gasteiger partial charge in [-0.3, -0.25) is 9.69 Å². The number of pyridine rings is 1. The fourth-order valence-corrected chi connectivity index (χ4v) is 2.48. The first-order chi connectivity index (χ1) is 10.2. The lowest BCUT2D eigenvalue weighted by Crippen LogP contribution is -2.30. The Labute approximate surface area is 132 Å². The predicted octanol–water partition coefficient (Wildman–Crippen LogP) is 3.00. The minimum Gasteiger partial charge on any atom is -0.327 e. The fraction of sp³-hybridized carbons (Fsp3) is 0. The number of nitrogens with one attached hydrogen (secondary N) is 1. The number of amides is 1. The number of nitrogens with zero attached hydrogens (tertiary/aromatic N) is 2. The topological polar surface area (TPSA) is 45.2 Å². The van der Waals surface area contributed by atoms with Crippen molar-refractivity contribution in [3.8, 4) is 0 Å². The van der Waals surface area contributed by atoms with Crippen molar-refractivity contribution in [2.24, 2.45) is 0 Å². The van der Waals surface area contributed by atoms with E-state index in [0.29, 0.717) is 21.5 Å². The molecule has 0 radical (unpaired) electrons. The van der Waals surface area contributed by atoms with Crippen molar-refractivity contribution in [2.45, 2.75) is 0 Å². The third-order valence-electron chi connectivity index (χ3n) is 2.98. The van der Waals surface area contributed by atoms with Crippen molar-refractivity contribution in [1.29, 1.82) is 0 Å². The number of hydrogen-bond acceptors (Lipinski definition) is 3. The second kappa shape index (κ2) is 5.63. The Morgan fingerprint density at radius 3 is 2.67 bits per heavy atom. The highest BCUT2D eigenvalue weighted by atomic mass is 35.5. The fourth-order valence-electron chi connectivity index (χ4n) is 2.01. The molecular weight excluding hydrogens is 306 g/mol. The maximum atomic E-state index is 12.5. The molecule has 0 unspecified atom stereocenters. The smallest absolute Gasteiger partial charge is 0.281 e. The summed E-state index contributed by atoms with van der Waals surface area (Å²) in [5.74, 6) is -0.217. The number of benzene rings is 1. The summed E-state index contributed by atoms with van der Waals surface area (Å²) in [7, 11) is 0. The van der Waals surface area contributed by atoms with E-state index in [1.54, 1.807) is 24.4 Å². The molecule has 0 aliphatic carbocycles. The normalized spacial score (nSPS) is 16.4. The summed E-state index contributed by atoms with van der Waals surface area (Å²) in [5.41, 5.74) is 1.76. The Kier molecular flexibility index (Phi) is 3.68. The van der Waals surface area contributed by atoms with Gasteiger partial charge in [-0.1, -0.05) is 35.9 Å². The highest BCUT2D eigenvalue weighted by Gasteiger charge is 2.31. The van der Waals surface area contributed by atoms with Crippen molar-refractivity contribution >= 4 is 46.6 Å². The molecule has 1 fully saturated rings. The van der Waals surface area contributed by atoms with Crippen LogP contribution in [-0.2, 0) is 4.79 Å². The summed E-state index contributed by atoms with van der Waals surface area (Å²) in [6.45, 7) is 0. The molecule has 2 aromatic rings. The average molecular weight is 316 g/mol. The van der Waals surface area contributed by atoms with Gasteiger partial charge in [0.15, 0.2) is 5.11 Å². The van der Waals surface area contributed by atoms with Gasteiger partial charge < -0.3 is 5.32 Å². The van der Waals surface area contributed by atoms with Crippen LogP contribution in [0.25, 0.3) is 6.08 Å². The highest BCUT2D eigenvalue weighted by Crippen LogP contribution is 2.23. The van der Waals surface area contributed by atoms with Gasteiger partial charge >= 0.3 is 0 Å². The number of para-hydroxylation sites is 1. The molecule has 4 nitrogen and oxygen atoms in total. The van der Waals surface area contributed by atoms with Crippen LogP contribution in [0.4, 0.5) is 5.69 Å². The molecule has 1 amide bonds. The molecule has 1 aromatic carbocycles. The second-order valence-corrected chi connectivity index (χ2v) is 5.09. The number of anilines is 1. The van der Waals surface area contributed by atoms with E-state index < -0.39 is 0 Å². The van der Waals surface area contributed by atoms with Crippen LogP contribution in [0.1, 0.15) is 5.56 Å². The van der Waals surface area contributed by atoms with Crippen molar-refractivity contribution in [3.63, 3.8) is 0 Å². The van der Waals surface area contributed by atoms with Gasteiger partial charge in [0, 0.05) is 11.8 Å². The largest absolute Gasteiger partial charge is 0.327 e. The molecule has 21 heavy (non-hydrogen) atoms. The third-order valence-corrected chi connectivity index (χ3v) is 3.58.